The van der Waals surface area contributed by atoms with E-state index in [1.807, 2.05) is 22.9 Å². The van der Waals surface area contributed by atoms with Gasteiger partial charge in [0.05, 0.1) is 5.52 Å². The Kier molecular flexibility index (Phi) is 4.13. The quantitative estimate of drug-likeness (QED) is 0.942. The second kappa shape index (κ2) is 6.02. The third-order valence-electron chi connectivity index (χ3n) is 4.03. The van der Waals surface area contributed by atoms with E-state index in [2.05, 4.69) is 10.00 Å². The first-order valence-electron chi connectivity index (χ1n) is 7.38. The van der Waals surface area contributed by atoms with Crippen LogP contribution in [0.25, 0.3) is 10.9 Å². The summed E-state index contributed by atoms with van der Waals surface area (Å²) in [5.41, 5.74) is 7.03. The van der Waals surface area contributed by atoms with Crippen molar-refractivity contribution in [3.63, 3.8) is 0 Å². The van der Waals surface area contributed by atoms with Crippen LogP contribution in [-0.4, -0.2) is 34.3 Å². The fraction of sp³-hybridized carbons (Fsp3) is 0.533. The lowest BCUT2D eigenvalue weighted by Crippen LogP contribution is -2.31. The van der Waals surface area contributed by atoms with Crippen LogP contribution in [0.3, 0.4) is 0 Å². The van der Waals surface area contributed by atoms with Crippen LogP contribution >= 0.6 is 11.6 Å². The number of rotatable bonds is 4. The van der Waals surface area contributed by atoms with Crippen molar-refractivity contribution in [1.29, 1.82) is 0 Å². The van der Waals surface area contributed by atoms with Gasteiger partial charge in [-0.05, 0) is 57.1 Å². The van der Waals surface area contributed by atoms with Gasteiger partial charge in [0.25, 0.3) is 0 Å². The molecule has 1 fully saturated rings. The second-order valence-corrected chi connectivity index (χ2v) is 5.96. The van der Waals surface area contributed by atoms with Crippen molar-refractivity contribution >= 4 is 28.3 Å². The van der Waals surface area contributed by atoms with Gasteiger partial charge in [-0.25, -0.2) is 0 Å². The number of anilines is 1. The summed E-state index contributed by atoms with van der Waals surface area (Å²) >= 11 is 6.01. The molecule has 3 rings (SSSR count). The Morgan fingerprint density at radius 3 is 2.75 bits per heavy atom. The van der Waals surface area contributed by atoms with Gasteiger partial charge in [-0.15, -0.1) is 0 Å². The lowest BCUT2D eigenvalue weighted by atomic mass is 10.1. The number of benzene rings is 1. The maximum absolute atomic E-state index is 6.01. The summed E-state index contributed by atoms with van der Waals surface area (Å²) in [6.07, 6.45) is 5.18. The lowest BCUT2D eigenvalue weighted by Gasteiger charge is -2.26. The minimum absolute atomic E-state index is 0.570. The average Bonchev–Trinajstić information content (AvgIpc) is 2.76. The summed E-state index contributed by atoms with van der Waals surface area (Å²) in [4.78, 5) is 2.55. The Morgan fingerprint density at radius 2 is 1.95 bits per heavy atom. The maximum atomic E-state index is 6.01. The van der Waals surface area contributed by atoms with Gasteiger partial charge in [-0.2, -0.15) is 5.10 Å². The molecule has 1 aliphatic heterocycles. The molecule has 2 N–H and O–H groups in total. The number of fused-ring (bicyclic) bond motifs is 1. The summed E-state index contributed by atoms with van der Waals surface area (Å²) < 4.78 is 2.00. The molecule has 108 valence electrons. The van der Waals surface area contributed by atoms with Crippen molar-refractivity contribution < 1.29 is 0 Å². The fourth-order valence-corrected chi connectivity index (χ4v) is 3.15. The van der Waals surface area contributed by atoms with Crippen molar-refractivity contribution in [2.45, 2.75) is 32.2 Å². The first-order chi connectivity index (χ1) is 9.74. The predicted octanol–water partition coefficient (Wildman–Crippen LogP) is 3.15. The maximum Gasteiger partial charge on any atom is 0.153 e. The molecule has 0 radical (unpaired) electrons. The monoisotopic (exact) mass is 292 g/mol. The summed E-state index contributed by atoms with van der Waals surface area (Å²) in [7, 11) is 0. The van der Waals surface area contributed by atoms with Crippen LogP contribution in [-0.2, 0) is 6.54 Å². The molecule has 0 aliphatic carbocycles. The number of halogens is 1. The molecule has 1 aromatic carbocycles. The number of aryl methyl sites for hydroxylation is 1. The highest BCUT2D eigenvalue weighted by atomic mass is 35.5. The number of hydrogen-bond acceptors (Lipinski definition) is 3. The normalized spacial score (nSPS) is 16.9. The van der Waals surface area contributed by atoms with Gasteiger partial charge in [-0.1, -0.05) is 18.0 Å². The van der Waals surface area contributed by atoms with Crippen LogP contribution in [0.1, 0.15) is 25.7 Å². The number of likely N-dealkylation sites (tertiary alicyclic amines) is 1. The molecule has 2 aromatic rings. The third-order valence-corrected chi connectivity index (χ3v) is 4.27. The summed E-state index contributed by atoms with van der Waals surface area (Å²) in [5, 5.41) is 6.09. The molecule has 0 bridgehead atoms. The van der Waals surface area contributed by atoms with Crippen molar-refractivity contribution in [1.82, 2.24) is 14.7 Å². The van der Waals surface area contributed by atoms with E-state index in [1.54, 1.807) is 0 Å². The van der Waals surface area contributed by atoms with Gasteiger partial charge in [0.2, 0.25) is 0 Å². The second-order valence-electron chi connectivity index (χ2n) is 5.53. The molecule has 1 aromatic heterocycles. The van der Waals surface area contributed by atoms with Crippen LogP contribution in [0, 0.1) is 0 Å². The Bertz CT molecular complexity index is 587. The van der Waals surface area contributed by atoms with E-state index < -0.39 is 0 Å². The van der Waals surface area contributed by atoms with Crippen LogP contribution in [0.5, 0.6) is 0 Å². The van der Waals surface area contributed by atoms with Crippen LogP contribution in [0.2, 0.25) is 5.02 Å². The molecule has 0 spiro atoms. The number of nitrogens with zero attached hydrogens (tertiary/aromatic N) is 3. The topological polar surface area (TPSA) is 47.1 Å². The van der Waals surface area contributed by atoms with E-state index >= 15 is 0 Å². The van der Waals surface area contributed by atoms with Gasteiger partial charge in [0.15, 0.2) is 5.82 Å². The predicted molar refractivity (Wildman–Crippen MR) is 84.1 cm³/mol. The molecule has 0 amide bonds. The number of nitrogens with two attached hydrogens (primary N) is 1. The van der Waals surface area contributed by atoms with Crippen LogP contribution in [0.15, 0.2) is 18.2 Å². The van der Waals surface area contributed by atoms with Gasteiger partial charge < -0.3 is 10.6 Å². The summed E-state index contributed by atoms with van der Waals surface area (Å²) in [6, 6.07) is 5.79. The van der Waals surface area contributed by atoms with Gasteiger partial charge in [-0.3, -0.25) is 4.68 Å². The molecule has 0 saturated carbocycles. The van der Waals surface area contributed by atoms with E-state index in [0.29, 0.717) is 10.8 Å². The Labute approximate surface area is 124 Å². The van der Waals surface area contributed by atoms with Crippen molar-refractivity contribution in [3.8, 4) is 0 Å². The molecular formula is C15H21ClN4. The van der Waals surface area contributed by atoms with Crippen molar-refractivity contribution in [3.05, 3.63) is 23.2 Å². The van der Waals surface area contributed by atoms with Gasteiger partial charge >= 0.3 is 0 Å². The standard InChI is InChI=1S/C15H21ClN4/c16-12-5-6-14-13(11-12)15(17)18-20(14)10-4-9-19-7-2-1-3-8-19/h5-6,11H,1-4,7-10H2,(H2,17,18). The van der Waals surface area contributed by atoms with E-state index in [9.17, 15) is 0 Å². The summed E-state index contributed by atoms with van der Waals surface area (Å²) in [5.74, 6) is 0.570. The van der Waals surface area contributed by atoms with Crippen molar-refractivity contribution in [2.24, 2.45) is 0 Å². The number of aromatic nitrogens is 2. The van der Waals surface area contributed by atoms with E-state index in [1.165, 1.54) is 32.4 Å². The first kappa shape index (κ1) is 13.7. The Hall–Kier alpha value is -1.26. The summed E-state index contributed by atoms with van der Waals surface area (Å²) in [6.45, 7) is 4.55. The van der Waals surface area contributed by atoms with Gasteiger partial charge in [0.1, 0.15) is 0 Å². The molecule has 0 atom stereocenters. The molecule has 5 heteroatoms. The molecule has 1 aliphatic rings. The lowest BCUT2D eigenvalue weighted by molar-refractivity contribution is 0.222. The minimum Gasteiger partial charge on any atom is -0.382 e. The molecule has 4 nitrogen and oxygen atoms in total. The molecule has 2 heterocycles. The van der Waals surface area contributed by atoms with Crippen molar-refractivity contribution in [2.75, 3.05) is 25.4 Å². The van der Waals surface area contributed by atoms with E-state index in [0.717, 1.165) is 30.4 Å². The zero-order valence-electron chi connectivity index (χ0n) is 11.7. The zero-order valence-corrected chi connectivity index (χ0v) is 12.4. The van der Waals surface area contributed by atoms with Crippen LogP contribution < -0.4 is 5.73 Å². The van der Waals surface area contributed by atoms with E-state index in [4.69, 9.17) is 17.3 Å². The molecule has 0 unspecified atom stereocenters. The third kappa shape index (κ3) is 2.91. The zero-order chi connectivity index (χ0) is 13.9. The molecule has 1 saturated heterocycles. The van der Waals surface area contributed by atoms with Crippen LogP contribution in [0.4, 0.5) is 5.82 Å². The van der Waals surface area contributed by atoms with E-state index in [-0.39, 0.29) is 0 Å². The fourth-order valence-electron chi connectivity index (χ4n) is 2.97. The Balaban J connectivity index is 1.65. The average molecular weight is 293 g/mol. The SMILES string of the molecule is Nc1nn(CCCN2CCCCC2)c2ccc(Cl)cc12. The number of nitrogen functional groups attached to an aromatic ring is 1. The number of piperidine rings is 1. The highest BCUT2D eigenvalue weighted by Gasteiger charge is 2.11. The highest BCUT2D eigenvalue weighted by molar-refractivity contribution is 6.31. The molecular weight excluding hydrogens is 272 g/mol. The highest BCUT2D eigenvalue weighted by Crippen LogP contribution is 2.24. The van der Waals surface area contributed by atoms with Gasteiger partial charge in [0, 0.05) is 17.0 Å². The number of hydrogen-bond donors (Lipinski definition) is 1. The molecule has 20 heavy (non-hydrogen) atoms. The smallest absolute Gasteiger partial charge is 0.153 e. The minimum atomic E-state index is 0.570. The first-order valence-corrected chi connectivity index (χ1v) is 7.76. The largest absolute Gasteiger partial charge is 0.382 e. The Morgan fingerprint density at radius 1 is 1.15 bits per heavy atom.